The highest BCUT2D eigenvalue weighted by Gasteiger charge is 2.20. The first kappa shape index (κ1) is 24.2. The minimum atomic E-state index is -0.645. The van der Waals surface area contributed by atoms with Gasteiger partial charge in [0.2, 0.25) is 11.6 Å². The van der Waals surface area contributed by atoms with Crippen LogP contribution < -0.4 is 9.47 Å². The van der Waals surface area contributed by atoms with Crippen LogP contribution in [0.1, 0.15) is 42.2 Å². The number of methoxy groups -OCH3 is 3. The van der Waals surface area contributed by atoms with Crippen molar-refractivity contribution in [3.05, 3.63) is 93.0 Å². The molecule has 33 heavy (non-hydrogen) atoms. The molecule has 170 valence electrons. The maximum absolute atomic E-state index is 12.9. The van der Waals surface area contributed by atoms with E-state index in [1.165, 1.54) is 31.4 Å². The van der Waals surface area contributed by atoms with Crippen molar-refractivity contribution in [2.75, 3.05) is 21.3 Å². The normalized spacial score (nSPS) is 10.4. The number of rotatable bonds is 9. The summed E-state index contributed by atoms with van der Waals surface area (Å²) in [6, 6.07) is 16.8. The molecule has 0 fully saturated rings. The highest BCUT2D eigenvalue weighted by atomic mass is 79.9. The first-order valence-electron chi connectivity index (χ1n) is 10.1. The Morgan fingerprint density at radius 3 is 1.73 bits per heavy atom. The molecule has 0 aliphatic heterocycles. The summed E-state index contributed by atoms with van der Waals surface area (Å²) in [6.45, 7) is 0. The molecule has 0 radical (unpaired) electrons. The number of hydrogen-bond donors (Lipinski definition) is 0. The Hall–Kier alpha value is -3.45. The van der Waals surface area contributed by atoms with Gasteiger partial charge in [-0.05, 0) is 66.4 Å². The molecule has 0 aliphatic carbocycles. The lowest BCUT2D eigenvalue weighted by molar-refractivity contribution is 0.0600. The number of halogens is 1. The van der Waals surface area contributed by atoms with Gasteiger partial charge in [-0.3, -0.25) is 9.59 Å². The summed E-state index contributed by atoms with van der Waals surface area (Å²) in [6.07, 6.45) is 1.35. The van der Waals surface area contributed by atoms with Crippen LogP contribution in [0.25, 0.3) is 0 Å². The monoisotopic (exact) mass is 510 g/mol. The predicted molar refractivity (Wildman–Crippen MR) is 128 cm³/mol. The summed E-state index contributed by atoms with van der Waals surface area (Å²) >= 11 is 3.44. The molecule has 0 unspecified atom stereocenters. The number of benzene rings is 3. The number of esters is 1. The van der Waals surface area contributed by atoms with E-state index in [1.807, 2.05) is 24.3 Å². The number of ether oxygens (including phenoxy) is 3. The smallest absolute Gasteiger partial charge is 0.337 e. The zero-order valence-electron chi connectivity index (χ0n) is 18.5. The first-order valence-corrected chi connectivity index (χ1v) is 10.9. The molecule has 0 saturated heterocycles. The van der Waals surface area contributed by atoms with Crippen molar-refractivity contribution in [3.8, 4) is 11.5 Å². The van der Waals surface area contributed by atoms with Gasteiger partial charge in [0.25, 0.3) is 0 Å². The number of aryl methyl sites for hydroxylation is 2. The summed E-state index contributed by atoms with van der Waals surface area (Å²) in [5.41, 5.74) is 2.74. The van der Waals surface area contributed by atoms with Crippen LogP contribution in [0, 0.1) is 0 Å². The zero-order chi connectivity index (χ0) is 24.0. The van der Waals surface area contributed by atoms with Crippen molar-refractivity contribution in [1.29, 1.82) is 0 Å². The fourth-order valence-corrected chi connectivity index (χ4v) is 3.90. The maximum atomic E-state index is 12.9. The van der Waals surface area contributed by atoms with E-state index in [0.717, 1.165) is 11.1 Å². The minimum Gasteiger partial charge on any atom is -0.497 e. The lowest BCUT2D eigenvalue weighted by Crippen LogP contribution is -2.15. The van der Waals surface area contributed by atoms with E-state index in [1.54, 1.807) is 26.4 Å². The van der Waals surface area contributed by atoms with E-state index in [9.17, 15) is 14.4 Å². The molecule has 0 saturated carbocycles. The standard InChI is InChI=1S/C26H23BrO6/c1-31-22-12-17(13-23(15-22)32-2)5-4-16-10-20(14-21(27)11-16)25(29)24(28)18-6-8-19(9-7-18)26(30)33-3/h6-15H,4-5H2,1-3H3. The summed E-state index contributed by atoms with van der Waals surface area (Å²) in [5.74, 6) is -0.360. The van der Waals surface area contributed by atoms with Crippen LogP contribution in [-0.2, 0) is 17.6 Å². The Balaban J connectivity index is 1.77. The Labute approximate surface area is 200 Å². The van der Waals surface area contributed by atoms with Crippen molar-refractivity contribution in [2.45, 2.75) is 12.8 Å². The quantitative estimate of drug-likeness (QED) is 0.226. The second-order valence-corrected chi connectivity index (χ2v) is 8.21. The van der Waals surface area contributed by atoms with Crippen molar-refractivity contribution < 1.29 is 28.6 Å². The van der Waals surface area contributed by atoms with Crippen LogP contribution >= 0.6 is 15.9 Å². The van der Waals surface area contributed by atoms with E-state index in [4.69, 9.17) is 9.47 Å². The molecule has 0 spiro atoms. The van der Waals surface area contributed by atoms with E-state index in [-0.39, 0.29) is 5.56 Å². The maximum Gasteiger partial charge on any atom is 0.337 e. The fourth-order valence-electron chi connectivity index (χ4n) is 3.36. The topological polar surface area (TPSA) is 78.9 Å². The number of hydrogen-bond acceptors (Lipinski definition) is 6. The van der Waals surface area contributed by atoms with Crippen molar-refractivity contribution >= 4 is 33.5 Å². The van der Waals surface area contributed by atoms with Gasteiger partial charge < -0.3 is 14.2 Å². The molecule has 3 aromatic rings. The third-order valence-electron chi connectivity index (χ3n) is 5.11. The lowest BCUT2D eigenvalue weighted by atomic mass is 9.97. The van der Waals surface area contributed by atoms with Crippen LogP contribution in [0.2, 0.25) is 0 Å². The first-order chi connectivity index (χ1) is 15.8. The third-order valence-corrected chi connectivity index (χ3v) is 5.57. The van der Waals surface area contributed by atoms with Gasteiger partial charge in [0.1, 0.15) is 11.5 Å². The highest BCUT2D eigenvalue weighted by molar-refractivity contribution is 9.10. The van der Waals surface area contributed by atoms with Gasteiger partial charge in [-0.25, -0.2) is 4.79 Å². The lowest BCUT2D eigenvalue weighted by Gasteiger charge is -2.10. The van der Waals surface area contributed by atoms with Crippen LogP contribution in [0.5, 0.6) is 11.5 Å². The summed E-state index contributed by atoms with van der Waals surface area (Å²) in [7, 11) is 4.48. The molecule has 0 bridgehead atoms. The fraction of sp³-hybridized carbons (Fsp3) is 0.192. The summed E-state index contributed by atoms with van der Waals surface area (Å²) in [5, 5.41) is 0. The van der Waals surface area contributed by atoms with Gasteiger partial charge in [-0.15, -0.1) is 0 Å². The molecule has 0 atom stereocenters. The Morgan fingerprint density at radius 1 is 0.667 bits per heavy atom. The molecule has 0 aromatic heterocycles. The molecule has 0 aliphatic rings. The van der Waals surface area contributed by atoms with Crippen molar-refractivity contribution in [3.63, 3.8) is 0 Å². The van der Waals surface area contributed by atoms with Gasteiger partial charge in [-0.1, -0.05) is 28.1 Å². The molecule has 0 heterocycles. The molecule has 3 rings (SSSR count). The van der Waals surface area contributed by atoms with Crippen molar-refractivity contribution in [2.24, 2.45) is 0 Å². The number of Topliss-reactive ketones (excluding diaryl/α,β-unsaturated/α-hetero) is 2. The number of ketones is 2. The zero-order valence-corrected chi connectivity index (χ0v) is 20.1. The summed E-state index contributed by atoms with van der Waals surface area (Å²) < 4.78 is 16.0. The Morgan fingerprint density at radius 2 is 1.18 bits per heavy atom. The van der Waals surface area contributed by atoms with Gasteiger partial charge in [0.15, 0.2) is 0 Å². The van der Waals surface area contributed by atoms with Crippen LogP contribution in [0.15, 0.2) is 65.1 Å². The predicted octanol–water partition coefficient (Wildman–Crippen LogP) is 5.10. The van der Waals surface area contributed by atoms with Gasteiger partial charge in [0, 0.05) is 21.7 Å². The molecular formula is C26H23BrO6. The average molecular weight is 511 g/mol. The molecule has 6 nitrogen and oxygen atoms in total. The van der Waals surface area contributed by atoms with E-state index in [0.29, 0.717) is 39.9 Å². The highest BCUT2D eigenvalue weighted by Crippen LogP contribution is 2.25. The number of carbonyl (C=O) groups is 3. The second-order valence-electron chi connectivity index (χ2n) is 7.30. The summed E-state index contributed by atoms with van der Waals surface area (Å²) in [4.78, 5) is 37.2. The molecule has 3 aromatic carbocycles. The molecule has 0 N–H and O–H groups in total. The van der Waals surface area contributed by atoms with E-state index in [2.05, 4.69) is 20.7 Å². The van der Waals surface area contributed by atoms with Gasteiger partial charge >= 0.3 is 5.97 Å². The number of carbonyl (C=O) groups excluding carboxylic acids is 3. The largest absolute Gasteiger partial charge is 0.497 e. The van der Waals surface area contributed by atoms with Crippen LogP contribution in [0.4, 0.5) is 0 Å². The molecule has 0 amide bonds. The van der Waals surface area contributed by atoms with Crippen molar-refractivity contribution in [1.82, 2.24) is 0 Å². The van der Waals surface area contributed by atoms with Crippen LogP contribution in [-0.4, -0.2) is 38.9 Å². The Kier molecular flexibility index (Phi) is 8.01. The van der Waals surface area contributed by atoms with E-state index >= 15 is 0 Å². The average Bonchev–Trinajstić information content (AvgIpc) is 2.85. The molecule has 7 heteroatoms. The van der Waals surface area contributed by atoms with Crippen LogP contribution in [0.3, 0.4) is 0 Å². The third kappa shape index (κ3) is 6.08. The van der Waals surface area contributed by atoms with E-state index < -0.39 is 17.5 Å². The second kappa shape index (κ2) is 10.9. The molecular weight excluding hydrogens is 488 g/mol. The SMILES string of the molecule is COC(=O)c1ccc(C(=O)C(=O)c2cc(Br)cc(CCc3cc(OC)cc(OC)c3)c2)cc1. The van der Waals surface area contributed by atoms with Gasteiger partial charge in [-0.2, -0.15) is 0 Å². The minimum absolute atomic E-state index is 0.206. The van der Waals surface area contributed by atoms with Gasteiger partial charge in [0.05, 0.1) is 26.9 Å². The Bertz CT molecular complexity index is 1160.